The molecule has 5 nitrogen and oxygen atoms in total. The van der Waals surface area contributed by atoms with Crippen LogP contribution in [0.1, 0.15) is 16.2 Å². The fourth-order valence-corrected chi connectivity index (χ4v) is 2.08. The van der Waals surface area contributed by atoms with Gasteiger partial charge >= 0.3 is 0 Å². The molecule has 0 saturated carbocycles. The van der Waals surface area contributed by atoms with Crippen LogP contribution in [-0.4, -0.2) is 15.9 Å². The van der Waals surface area contributed by atoms with E-state index in [1.165, 1.54) is 0 Å². The van der Waals surface area contributed by atoms with Gasteiger partial charge in [-0.1, -0.05) is 24.3 Å². The van der Waals surface area contributed by atoms with Crippen molar-refractivity contribution in [3.63, 3.8) is 0 Å². The normalized spacial score (nSPS) is 10.5. The highest BCUT2D eigenvalue weighted by Gasteiger charge is 2.11. The zero-order chi connectivity index (χ0) is 14.8. The first-order valence-corrected chi connectivity index (χ1v) is 6.53. The first kappa shape index (κ1) is 13.1. The summed E-state index contributed by atoms with van der Waals surface area (Å²) in [6.45, 7) is 1.89. The second-order valence-corrected chi connectivity index (χ2v) is 4.76. The Balaban J connectivity index is 1.92. The third-order valence-electron chi connectivity index (χ3n) is 3.17. The molecule has 3 aromatic rings. The number of aryl methyl sites for hydroxylation is 1. The number of nitrogens with one attached hydrogen (secondary N) is 1. The Morgan fingerprint density at radius 2 is 2.00 bits per heavy atom. The van der Waals surface area contributed by atoms with Gasteiger partial charge in [-0.3, -0.25) is 9.78 Å². The first-order chi connectivity index (χ1) is 10.1. The average molecular weight is 278 g/mol. The third-order valence-corrected chi connectivity index (χ3v) is 3.17. The highest BCUT2D eigenvalue weighted by atomic mass is 16.1. The highest BCUT2D eigenvalue weighted by Crippen LogP contribution is 2.20. The summed E-state index contributed by atoms with van der Waals surface area (Å²) in [5.74, 6) is 0.0402. The molecule has 1 aromatic carbocycles. The van der Waals surface area contributed by atoms with Crippen LogP contribution in [0.2, 0.25) is 0 Å². The lowest BCUT2D eigenvalue weighted by atomic mass is 10.1. The number of hydrogen-bond donors (Lipinski definition) is 2. The lowest BCUT2D eigenvalue weighted by molar-refractivity contribution is 0.102. The van der Waals surface area contributed by atoms with Crippen molar-refractivity contribution in [2.24, 2.45) is 0 Å². The lowest BCUT2D eigenvalue weighted by Gasteiger charge is -2.07. The van der Waals surface area contributed by atoms with E-state index in [0.717, 1.165) is 16.5 Å². The van der Waals surface area contributed by atoms with E-state index in [1.54, 1.807) is 18.3 Å². The quantitative estimate of drug-likeness (QED) is 0.755. The van der Waals surface area contributed by atoms with Crippen molar-refractivity contribution in [3.8, 4) is 0 Å². The van der Waals surface area contributed by atoms with Crippen LogP contribution < -0.4 is 11.1 Å². The minimum Gasteiger partial charge on any atom is -0.383 e. The fraction of sp³-hybridized carbons (Fsp3) is 0.0625. The number of rotatable bonds is 2. The molecule has 0 bridgehead atoms. The van der Waals surface area contributed by atoms with Gasteiger partial charge in [0, 0.05) is 11.1 Å². The maximum Gasteiger partial charge on any atom is 0.274 e. The molecule has 0 aliphatic carbocycles. The van der Waals surface area contributed by atoms with Crippen molar-refractivity contribution < 1.29 is 4.79 Å². The van der Waals surface area contributed by atoms with E-state index in [0.29, 0.717) is 11.5 Å². The molecule has 5 heteroatoms. The lowest BCUT2D eigenvalue weighted by Crippen LogP contribution is -2.14. The molecule has 0 fully saturated rings. The van der Waals surface area contributed by atoms with Gasteiger partial charge in [0.25, 0.3) is 5.91 Å². The fourth-order valence-electron chi connectivity index (χ4n) is 2.08. The molecule has 0 spiro atoms. The van der Waals surface area contributed by atoms with E-state index in [9.17, 15) is 4.79 Å². The zero-order valence-electron chi connectivity index (χ0n) is 11.5. The maximum absolute atomic E-state index is 12.2. The summed E-state index contributed by atoms with van der Waals surface area (Å²) < 4.78 is 0. The summed E-state index contributed by atoms with van der Waals surface area (Å²) in [6.07, 6.45) is 1.61. The van der Waals surface area contributed by atoms with Gasteiger partial charge in [0.15, 0.2) is 0 Å². The Labute approximate surface area is 121 Å². The summed E-state index contributed by atoms with van der Waals surface area (Å²) in [5.41, 5.74) is 7.70. The van der Waals surface area contributed by atoms with Crippen molar-refractivity contribution in [3.05, 3.63) is 60.0 Å². The monoisotopic (exact) mass is 278 g/mol. The van der Waals surface area contributed by atoms with Gasteiger partial charge in [0.2, 0.25) is 0 Å². The number of hydrogen-bond acceptors (Lipinski definition) is 4. The summed E-state index contributed by atoms with van der Waals surface area (Å²) >= 11 is 0. The van der Waals surface area contributed by atoms with Gasteiger partial charge in [0.1, 0.15) is 11.5 Å². The molecule has 0 saturated heterocycles. The average Bonchev–Trinajstić information content (AvgIpc) is 2.49. The molecule has 2 aromatic heterocycles. The zero-order valence-corrected chi connectivity index (χ0v) is 11.5. The molecule has 0 atom stereocenters. The Hall–Kier alpha value is -2.95. The Morgan fingerprint density at radius 3 is 2.76 bits per heavy atom. The number of benzene rings is 1. The number of carbonyl (C=O) groups excluding carboxylic acids is 1. The molecule has 2 heterocycles. The van der Waals surface area contributed by atoms with Gasteiger partial charge in [-0.05, 0) is 30.5 Å². The van der Waals surface area contributed by atoms with Gasteiger partial charge in [-0.25, -0.2) is 4.98 Å². The number of nitrogen functional groups attached to an aromatic ring is 1. The number of anilines is 2. The molecular formula is C16H14N4O. The predicted octanol–water partition coefficient (Wildman–Crippen LogP) is 2.77. The molecule has 21 heavy (non-hydrogen) atoms. The molecule has 3 N–H and O–H groups in total. The number of nitrogens with two attached hydrogens (primary N) is 1. The van der Waals surface area contributed by atoms with Crippen LogP contribution in [0.5, 0.6) is 0 Å². The Morgan fingerprint density at radius 1 is 1.19 bits per heavy atom. The van der Waals surface area contributed by atoms with E-state index >= 15 is 0 Å². The van der Waals surface area contributed by atoms with Crippen molar-refractivity contribution in [2.45, 2.75) is 6.92 Å². The number of aromatic nitrogens is 2. The summed E-state index contributed by atoms with van der Waals surface area (Å²) in [4.78, 5) is 20.5. The van der Waals surface area contributed by atoms with E-state index in [1.807, 2.05) is 37.3 Å². The van der Waals surface area contributed by atoms with E-state index in [-0.39, 0.29) is 11.6 Å². The number of amides is 1. The van der Waals surface area contributed by atoms with Crippen LogP contribution in [0, 0.1) is 6.92 Å². The topological polar surface area (TPSA) is 80.9 Å². The number of pyridine rings is 2. The van der Waals surface area contributed by atoms with Gasteiger partial charge in [0.05, 0.1) is 11.9 Å². The van der Waals surface area contributed by atoms with E-state index in [4.69, 9.17) is 5.73 Å². The van der Waals surface area contributed by atoms with Crippen LogP contribution in [-0.2, 0) is 0 Å². The van der Waals surface area contributed by atoms with E-state index in [2.05, 4.69) is 15.3 Å². The molecule has 0 aliphatic rings. The third kappa shape index (κ3) is 2.67. The second kappa shape index (κ2) is 5.20. The van der Waals surface area contributed by atoms with Crippen LogP contribution in [0.15, 0.2) is 48.7 Å². The van der Waals surface area contributed by atoms with Gasteiger partial charge in [-0.2, -0.15) is 0 Å². The predicted molar refractivity (Wildman–Crippen MR) is 83.1 cm³/mol. The second-order valence-electron chi connectivity index (χ2n) is 4.76. The number of carbonyl (C=O) groups is 1. The van der Waals surface area contributed by atoms with Crippen LogP contribution in [0.25, 0.3) is 10.8 Å². The van der Waals surface area contributed by atoms with E-state index < -0.39 is 0 Å². The summed E-state index contributed by atoms with van der Waals surface area (Å²) in [5, 5.41) is 4.48. The van der Waals surface area contributed by atoms with Crippen LogP contribution >= 0.6 is 0 Å². The molecule has 0 unspecified atom stereocenters. The molecule has 3 rings (SSSR count). The summed E-state index contributed by atoms with van der Waals surface area (Å²) in [6, 6.07) is 12.9. The largest absolute Gasteiger partial charge is 0.383 e. The Kier molecular flexibility index (Phi) is 3.23. The van der Waals surface area contributed by atoms with Gasteiger partial charge in [-0.15, -0.1) is 0 Å². The first-order valence-electron chi connectivity index (χ1n) is 6.53. The SMILES string of the molecule is Cc1ccc(NC(=O)c2cc3ccccc3c(N)n2)cn1. The molecule has 104 valence electrons. The minimum absolute atomic E-state index is 0.284. The smallest absolute Gasteiger partial charge is 0.274 e. The van der Waals surface area contributed by atoms with Gasteiger partial charge < -0.3 is 11.1 Å². The minimum atomic E-state index is -0.307. The van der Waals surface area contributed by atoms with Crippen LogP contribution in [0.4, 0.5) is 11.5 Å². The van der Waals surface area contributed by atoms with Crippen LogP contribution in [0.3, 0.4) is 0 Å². The molecule has 0 radical (unpaired) electrons. The Bertz CT molecular complexity index is 812. The molecule has 0 aliphatic heterocycles. The number of nitrogens with zero attached hydrogens (tertiary/aromatic N) is 2. The van der Waals surface area contributed by atoms with Crippen molar-refractivity contribution in [1.29, 1.82) is 0 Å². The van der Waals surface area contributed by atoms with Crippen molar-refractivity contribution in [2.75, 3.05) is 11.1 Å². The highest BCUT2D eigenvalue weighted by molar-refractivity contribution is 6.06. The maximum atomic E-state index is 12.2. The van der Waals surface area contributed by atoms with Crippen molar-refractivity contribution in [1.82, 2.24) is 9.97 Å². The van der Waals surface area contributed by atoms with Crippen molar-refractivity contribution >= 4 is 28.2 Å². The molecule has 1 amide bonds. The summed E-state index contributed by atoms with van der Waals surface area (Å²) in [7, 11) is 0. The standard InChI is InChI=1S/C16H14N4O/c1-10-6-7-12(9-18-10)19-16(21)14-8-11-4-2-3-5-13(11)15(17)20-14/h2-9H,1H3,(H2,17,20)(H,19,21). The molecular weight excluding hydrogens is 264 g/mol. The number of fused-ring (bicyclic) bond motifs is 1.